The summed E-state index contributed by atoms with van der Waals surface area (Å²) >= 11 is 0. The Morgan fingerprint density at radius 1 is 0.784 bits per heavy atom. The number of benzene rings is 2. The van der Waals surface area contributed by atoms with E-state index in [2.05, 4.69) is 30.9 Å². The van der Waals surface area contributed by atoms with Crippen LogP contribution in [0, 0.1) is 0 Å². The minimum Gasteiger partial charge on any atom is -0.497 e. The van der Waals surface area contributed by atoms with Crippen LogP contribution in [-0.4, -0.2) is 68.4 Å². The molecule has 12 heteroatoms. The van der Waals surface area contributed by atoms with Crippen LogP contribution in [0.25, 0.3) is 0 Å². The maximum atomic E-state index is 5.57. The van der Waals surface area contributed by atoms with Gasteiger partial charge in [0.25, 0.3) is 0 Å². The molecule has 0 saturated carbocycles. The number of hydrogen-bond donors (Lipinski definition) is 4. The fourth-order valence-corrected chi connectivity index (χ4v) is 3.45. The van der Waals surface area contributed by atoms with Gasteiger partial charge < -0.3 is 45.4 Å². The third-order valence-corrected chi connectivity index (χ3v) is 5.27. The Hall–Kier alpha value is -3.87. The molecule has 1 aliphatic heterocycles. The van der Waals surface area contributed by atoms with Crippen LogP contribution in [0.1, 0.15) is 11.1 Å². The number of ether oxygens (including phenoxy) is 5. The monoisotopic (exact) mass is 511 g/mol. The Bertz CT molecular complexity index is 1130. The highest BCUT2D eigenvalue weighted by molar-refractivity contribution is 5.47. The first-order chi connectivity index (χ1) is 18.2. The highest BCUT2D eigenvalue weighted by Gasteiger charge is 2.13. The van der Waals surface area contributed by atoms with E-state index in [1.165, 1.54) is 0 Å². The lowest BCUT2D eigenvalue weighted by atomic mass is 10.2. The van der Waals surface area contributed by atoms with E-state index >= 15 is 0 Å². The van der Waals surface area contributed by atoms with Crippen molar-refractivity contribution < 1.29 is 23.7 Å². The number of methoxy groups -OCH3 is 1. The molecule has 0 spiro atoms. The van der Waals surface area contributed by atoms with Crippen molar-refractivity contribution in [3.05, 3.63) is 53.6 Å². The topological polar surface area (TPSA) is 147 Å². The molecule has 2 aromatic carbocycles. The molecule has 3 aromatic rings. The number of nitrogens with one attached hydrogen (secondary N) is 3. The van der Waals surface area contributed by atoms with E-state index in [1.807, 2.05) is 42.5 Å². The second-order valence-electron chi connectivity index (χ2n) is 7.99. The van der Waals surface area contributed by atoms with Crippen LogP contribution in [0.5, 0.6) is 17.2 Å². The molecule has 0 atom stereocenters. The third-order valence-electron chi connectivity index (χ3n) is 5.27. The number of anilines is 3. The standard InChI is InChI=1S/C25H33N7O5/c1-33-20-4-2-3-18(13-20)15-28-24-30-23(27-8-10-35-12-11-34-9-7-26)31-25(32-24)29-16-19-5-6-21-22(14-19)37-17-36-21/h2-6,13-14H,7-12,15-17,26H2,1H3,(H3,27,28,29,30,31,32). The van der Waals surface area contributed by atoms with E-state index in [9.17, 15) is 0 Å². The van der Waals surface area contributed by atoms with Gasteiger partial charge in [0.05, 0.1) is 33.5 Å². The van der Waals surface area contributed by atoms with Crippen molar-refractivity contribution in [2.45, 2.75) is 13.1 Å². The molecule has 2 heterocycles. The van der Waals surface area contributed by atoms with Gasteiger partial charge in [-0.05, 0) is 35.4 Å². The molecular formula is C25H33N7O5. The van der Waals surface area contributed by atoms with Gasteiger partial charge in [-0.15, -0.1) is 0 Å². The first-order valence-electron chi connectivity index (χ1n) is 12.1. The van der Waals surface area contributed by atoms with Crippen molar-refractivity contribution in [3.63, 3.8) is 0 Å². The van der Waals surface area contributed by atoms with Crippen molar-refractivity contribution in [2.75, 3.05) is 69.4 Å². The van der Waals surface area contributed by atoms with E-state index in [0.717, 1.165) is 28.4 Å². The first-order valence-corrected chi connectivity index (χ1v) is 12.1. The Labute approximate surface area is 215 Å². The molecule has 1 aliphatic rings. The van der Waals surface area contributed by atoms with Crippen LogP contribution in [0.3, 0.4) is 0 Å². The Balaban J connectivity index is 1.36. The summed E-state index contributed by atoms with van der Waals surface area (Å²) in [6.07, 6.45) is 0. The SMILES string of the molecule is COc1cccc(CNc2nc(NCCOCCOCCN)nc(NCc3ccc4c(c3)OCO4)n2)c1. The fourth-order valence-electron chi connectivity index (χ4n) is 3.45. The number of nitrogens with zero attached hydrogens (tertiary/aromatic N) is 3. The van der Waals surface area contributed by atoms with Crippen molar-refractivity contribution in [1.82, 2.24) is 15.0 Å². The molecule has 5 N–H and O–H groups in total. The second-order valence-corrected chi connectivity index (χ2v) is 7.99. The first kappa shape index (κ1) is 26.2. The summed E-state index contributed by atoms with van der Waals surface area (Å²) in [4.78, 5) is 13.5. The molecule has 37 heavy (non-hydrogen) atoms. The van der Waals surface area contributed by atoms with Gasteiger partial charge in [-0.25, -0.2) is 0 Å². The van der Waals surface area contributed by atoms with Crippen molar-refractivity contribution >= 4 is 17.8 Å². The summed E-state index contributed by atoms with van der Waals surface area (Å²) in [5, 5.41) is 9.72. The summed E-state index contributed by atoms with van der Waals surface area (Å²) in [5.41, 5.74) is 7.45. The van der Waals surface area contributed by atoms with E-state index in [1.54, 1.807) is 7.11 Å². The van der Waals surface area contributed by atoms with E-state index < -0.39 is 0 Å². The number of fused-ring (bicyclic) bond motifs is 1. The van der Waals surface area contributed by atoms with E-state index in [0.29, 0.717) is 70.5 Å². The number of aromatic nitrogens is 3. The van der Waals surface area contributed by atoms with E-state index in [-0.39, 0.29) is 6.79 Å². The van der Waals surface area contributed by atoms with Crippen LogP contribution in [0.4, 0.5) is 17.8 Å². The van der Waals surface area contributed by atoms with Crippen molar-refractivity contribution in [1.29, 1.82) is 0 Å². The lowest BCUT2D eigenvalue weighted by molar-refractivity contribution is 0.0547. The zero-order chi connectivity index (χ0) is 25.7. The Morgan fingerprint density at radius 3 is 2.19 bits per heavy atom. The molecule has 0 radical (unpaired) electrons. The quantitative estimate of drug-likeness (QED) is 0.209. The lowest BCUT2D eigenvalue weighted by Gasteiger charge is -2.12. The molecule has 4 rings (SSSR count). The molecule has 0 bridgehead atoms. The predicted octanol–water partition coefficient (Wildman–Crippen LogP) is 2.24. The van der Waals surface area contributed by atoms with Crippen LogP contribution < -0.4 is 35.9 Å². The maximum Gasteiger partial charge on any atom is 0.231 e. The fraction of sp³-hybridized carbons (Fsp3) is 0.400. The normalized spacial score (nSPS) is 11.8. The Kier molecular flexibility index (Phi) is 9.93. The molecule has 0 fully saturated rings. The molecule has 0 saturated heterocycles. The lowest BCUT2D eigenvalue weighted by Crippen LogP contribution is -2.17. The Morgan fingerprint density at radius 2 is 1.46 bits per heavy atom. The molecule has 1 aromatic heterocycles. The zero-order valence-electron chi connectivity index (χ0n) is 20.9. The zero-order valence-corrected chi connectivity index (χ0v) is 20.9. The summed E-state index contributed by atoms with van der Waals surface area (Å²) in [6, 6.07) is 13.6. The predicted molar refractivity (Wildman–Crippen MR) is 139 cm³/mol. The minimum absolute atomic E-state index is 0.238. The highest BCUT2D eigenvalue weighted by Crippen LogP contribution is 2.32. The van der Waals surface area contributed by atoms with Gasteiger partial charge in [-0.3, -0.25) is 0 Å². The smallest absolute Gasteiger partial charge is 0.231 e. The minimum atomic E-state index is 0.238. The van der Waals surface area contributed by atoms with Crippen LogP contribution in [0.15, 0.2) is 42.5 Å². The summed E-state index contributed by atoms with van der Waals surface area (Å²) in [6.45, 7) is 4.29. The van der Waals surface area contributed by atoms with Gasteiger partial charge in [0.1, 0.15) is 5.75 Å². The van der Waals surface area contributed by atoms with Crippen molar-refractivity contribution in [2.24, 2.45) is 5.73 Å². The number of hydrogen-bond acceptors (Lipinski definition) is 12. The highest BCUT2D eigenvalue weighted by atomic mass is 16.7. The average molecular weight is 512 g/mol. The number of rotatable bonds is 16. The van der Waals surface area contributed by atoms with Gasteiger partial charge in [0.15, 0.2) is 11.5 Å². The van der Waals surface area contributed by atoms with Crippen LogP contribution >= 0.6 is 0 Å². The molecular weight excluding hydrogens is 478 g/mol. The average Bonchev–Trinajstić information content (AvgIpc) is 3.40. The molecule has 198 valence electrons. The van der Waals surface area contributed by atoms with Gasteiger partial charge in [-0.1, -0.05) is 18.2 Å². The summed E-state index contributed by atoms with van der Waals surface area (Å²) in [7, 11) is 1.64. The number of nitrogens with two attached hydrogens (primary N) is 1. The van der Waals surface area contributed by atoms with Gasteiger partial charge in [0.2, 0.25) is 24.6 Å². The maximum absolute atomic E-state index is 5.57. The van der Waals surface area contributed by atoms with Crippen LogP contribution in [0.2, 0.25) is 0 Å². The van der Waals surface area contributed by atoms with Gasteiger partial charge in [-0.2, -0.15) is 15.0 Å². The summed E-state index contributed by atoms with van der Waals surface area (Å²) < 4.78 is 27.0. The third kappa shape index (κ3) is 8.34. The van der Waals surface area contributed by atoms with Gasteiger partial charge in [0, 0.05) is 26.2 Å². The molecule has 0 unspecified atom stereocenters. The second kappa shape index (κ2) is 14.0. The summed E-state index contributed by atoms with van der Waals surface area (Å²) in [5.74, 6) is 3.55. The van der Waals surface area contributed by atoms with Gasteiger partial charge >= 0.3 is 0 Å². The largest absolute Gasteiger partial charge is 0.497 e. The van der Waals surface area contributed by atoms with Crippen molar-refractivity contribution in [3.8, 4) is 17.2 Å². The van der Waals surface area contributed by atoms with E-state index in [4.69, 9.17) is 29.4 Å². The molecule has 12 nitrogen and oxygen atoms in total. The van der Waals surface area contributed by atoms with Crippen LogP contribution in [-0.2, 0) is 22.6 Å². The molecule has 0 aliphatic carbocycles. The molecule has 0 amide bonds.